The summed E-state index contributed by atoms with van der Waals surface area (Å²) in [5.41, 5.74) is 7.25. The predicted octanol–water partition coefficient (Wildman–Crippen LogP) is 0.940. The second-order valence-electron chi connectivity index (χ2n) is 5.97. The highest BCUT2D eigenvalue weighted by molar-refractivity contribution is 5.85. The minimum Gasteiger partial charge on any atom is -0.390 e. The van der Waals surface area contributed by atoms with Crippen LogP contribution in [0, 0.1) is 0 Å². The number of nitrogens with two attached hydrogens (primary N) is 1. The van der Waals surface area contributed by atoms with Crippen LogP contribution in [0.5, 0.6) is 0 Å². The van der Waals surface area contributed by atoms with E-state index in [1.807, 2.05) is 37.3 Å². The summed E-state index contributed by atoms with van der Waals surface area (Å²) in [6.45, 7) is 3.85. The molecule has 0 bridgehead atoms. The molecule has 0 saturated carbocycles. The minimum absolute atomic E-state index is 0. The molecule has 0 aromatic heterocycles. The number of likely N-dealkylation sites (N-methyl/N-ethyl adjacent to an activating group) is 1. The molecule has 6 heteroatoms. The first-order valence-electron chi connectivity index (χ1n) is 8.11. The Hall–Kier alpha value is -1.14. The lowest BCUT2D eigenvalue weighted by atomic mass is 10.0. The SMILES string of the molecule is CCNC(=O)[C@@H]1CCCN1C[C@H](O)[C@H](N)Cc1ccccc1.Cl. The van der Waals surface area contributed by atoms with Crippen molar-refractivity contribution in [3.05, 3.63) is 35.9 Å². The average molecular weight is 342 g/mol. The van der Waals surface area contributed by atoms with Gasteiger partial charge in [-0.05, 0) is 38.3 Å². The number of rotatable bonds is 7. The largest absolute Gasteiger partial charge is 0.390 e. The van der Waals surface area contributed by atoms with Crippen LogP contribution in [0.3, 0.4) is 0 Å². The normalized spacial score (nSPS) is 20.6. The average Bonchev–Trinajstić information content (AvgIpc) is 2.96. The lowest BCUT2D eigenvalue weighted by Crippen LogP contribution is -2.50. The molecular weight excluding hydrogens is 314 g/mol. The molecule has 1 aliphatic rings. The van der Waals surface area contributed by atoms with Gasteiger partial charge in [-0.15, -0.1) is 12.4 Å². The summed E-state index contributed by atoms with van der Waals surface area (Å²) in [6, 6.07) is 9.49. The van der Waals surface area contributed by atoms with E-state index in [1.54, 1.807) is 0 Å². The van der Waals surface area contributed by atoms with Crippen LogP contribution in [0.15, 0.2) is 30.3 Å². The zero-order chi connectivity index (χ0) is 15.9. The molecule has 0 aliphatic carbocycles. The van der Waals surface area contributed by atoms with Crippen molar-refractivity contribution in [2.75, 3.05) is 19.6 Å². The molecule has 1 aliphatic heterocycles. The zero-order valence-electron chi connectivity index (χ0n) is 13.6. The van der Waals surface area contributed by atoms with Gasteiger partial charge in [-0.2, -0.15) is 0 Å². The molecule has 0 spiro atoms. The highest BCUT2D eigenvalue weighted by Crippen LogP contribution is 2.18. The van der Waals surface area contributed by atoms with Gasteiger partial charge in [-0.25, -0.2) is 0 Å². The minimum atomic E-state index is -0.629. The van der Waals surface area contributed by atoms with Gasteiger partial charge in [0, 0.05) is 19.1 Å². The predicted molar refractivity (Wildman–Crippen MR) is 94.7 cm³/mol. The van der Waals surface area contributed by atoms with Crippen LogP contribution in [0.25, 0.3) is 0 Å². The molecule has 1 aromatic carbocycles. The lowest BCUT2D eigenvalue weighted by molar-refractivity contribution is -0.125. The smallest absolute Gasteiger partial charge is 0.237 e. The molecule has 0 radical (unpaired) electrons. The molecule has 1 aromatic rings. The van der Waals surface area contributed by atoms with Crippen LogP contribution in [0.4, 0.5) is 0 Å². The number of benzene rings is 1. The van der Waals surface area contributed by atoms with Crippen LogP contribution in [0.1, 0.15) is 25.3 Å². The van der Waals surface area contributed by atoms with Crippen LogP contribution < -0.4 is 11.1 Å². The topological polar surface area (TPSA) is 78.6 Å². The zero-order valence-corrected chi connectivity index (χ0v) is 14.5. The first-order chi connectivity index (χ1) is 10.6. The standard InChI is InChI=1S/C17H27N3O2.ClH/c1-2-19-17(22)15-9-6-10-20(15)12-16(21)14(18)11-13-7-4-3-5-8-13;/h3-5,7-8,14-16,21H,2,6,9-12,18H2,1H3,(H,19,22);1H/t14-,15+,16+;/m1./s1. The van der Waals surface area contributed by atoms with Gasteiger partial charge in [0.15, 0.2) is 0 Å². The number of carbonyl (C=O) groups excluding carboxylic acids is 1. The molecular formula is C17H28ClN3O2. The number of β-amino-alcohol motifs (C(OH)–C–C–N with tert-alkyl or cyclic N) is 1. The van der Waals surface area contributed by atoms with E-state index in [9.17, 15) is 9.90 Å². The fourth-order valence-electron chi connectivity index (χ4n) is 3.03. The van der Waals surface area contributed by atoms with Gasteiger partial charge in [-0.1, -0.05) is 30.3 Å². The van der Waals surface area contributed by atoms with E-state index in [2.05, 4.69) is 10.2 Å². The van der Waals surface area contributed by atoms with Gasteiger partial charge in [0.2, 0.25) is 5.91 Å². The van der Waals surface area contributed by atoms with E-state index in [4.69, 9.17) is 5.73 Å². The number of halogens is 1. The maximum Gasteiger partial charge on any atom is 0.237 e. The highest BCUT2D eigenvalue weighted by Gasteiger charge is 2.32. The fraction of sp³-hybridized carbons (Fsp3) is 0.588. The second-order valence-corrected chi connectivity index (χ2v) is 5.97. The molecule has 1 heterocycles. The van der Waals surface area contributed by atoms with E-state index < -0.39 is 6.10 Å². The second kappa shape index (κ2) is 9.88. The van der Waals surface area contributed by atoms with Crippen molar-refractivity contribution in [3.8, 4) is 0 Å². The van der Waals surface area contributed by atoms with Gasteiger partial charge in [-0.3, -0.25) is 9.69 Å². The summed E-state index contributed by atoms with van der Waals surface area (Å²) >= 11 is 0. The molecule has 4 N–H and O–H groups in total. The van der Waals surface area contributed by atoms with Gasteiger partial charge in [0.25, 0.3) is 0 Å². The van der Waals surface area contributed by atoms with Crippen molar-refractivity contribution in [2.24, 2.45) is 5.73 Å². The van der Waals surface area contributed by atoms with Crippen molar-refractivity contribution >= 4 is 18.3 Å². The molecule has 0 unspecified atom stereocenters. The van der Waals surface area contributed by atoms with Crippen molar-refractivity contribution in [2.45, 2.75) is 44.4 Å². The van der Waals surface area contributed by atoms with Crippen molar-refractivity contribution in [3.63, 3.8) is 0 Å². The molecule has 1 amide bonds. The van der Waals surface area contributed by atoms with E-state index in [-0.39, 0.29) is 30.4 Å². The van der Waals surface area contributed by atoms with Crippen LogP contribution >= 0.6 is 12.4 Å². The first-order valence-corrected chi connectivity index (χ1v) is 8.11. The lowest BCUT2D eigenvalue weighted by Gasteiger charge is -2.28. The first kappa shape index (κ1) is 19.9. The Bertz CT molecular complexity index is 472. The van der Waals surface area contributed by atoms with Crippen molar-refractivity contribution < 1.29 is 9.90 Å². The van der Waals surface area contributed by atoms with Crippen molar-refractivity contribution in [1.82, 2.24) is 10.2 Å². The van der Waals surface area contributed by atoms with Crippen LogP contribution in [0.2, 0.25) is 0 Å². The fourth-order valence-corrected chi connectivity index (χ4v) is 3.03. The molecule has 23 heavy (non-hydrogen) atoms. The quantitative estimate of drug-likeness (QED) is 0.689. The summed E-state index contributed by atoms with van der Waals surface area (Å²) in [5, 5.41) is 13.2. The van der Waals surface area contributed by atoms with Crippen molar-refractivity contribution in [1.29, 1.82) is 0 Å². The maximum absolute atomic E-state index is 12.0. The summed E-state index contributed by atoms with van der Waals surface area (Å²) in [5.74, 6) is 0.0591. The van der Waals surface area contributed by atoms with Crippen LogP contribution in [-0.2, 0) is 11.2 Å². The number of aliphatic hydroxyl groups is 1. The number of carbonyl (C=O) groups is 1. The van der Waals surface area contributed by atoms with E-state index in [0.717, 1.165) is 24.9 Å². The Morgan fingerprint density at radius 1 is 1.43 bits per heavy atom. The number of hydrogen-bond donors (Lipinski definition) is 3. The van der Waals surface area contributed by atoms with Gasteiger partial charge >= 0.3 is 0 Å². The Morgan fingerprint density at radius 2 is 2.13 bits per heavy atom. The molecule has 5 nitrogen and oxygen atoms in total. The third-order valence-corrected chi connectivity index (χ3v) is 4.25. The van der Waals surface area contributed by atoms with E-state index in [0.29, 0.717) is 19.5 Å². The van der Waals surface area contributed by atoms with E-state index >= 15 is 0 Å². The molecule has 1 fully saturated rings. The summed E-state index contributed by atoms with van der Waals surface area (Å²) < 4.78 is 0. The number of nitrogens with zero attached hydrogens (tertiary/aromatic N) is 1. The number of hydrogen-bond acceptors (Lipinski definition) is 4. The van der Waals surface area contributed by atoms with E-state index in [1.165, 1.54) is 0 Å². The highest BCUT2D eigenvalue weighted by atomic mass is 35.5. The summed E-state index contributed by atoms with van der Waals surface area (Å²) in [6.07, 6.45) is 1.85. The maximum atomic E-state index is 12.0. The third kappa shape index (κ3) is 5.77. The van der Waals surface area contributed by atoms with Crippen LogP contribution in [-0.4, -0.2) is 53.7 Å². The molecule has 1 saturated heterocycles. The van der Waals surface area contributed by atoms with Gasteiger partial charge in [0.05, 0.1) is 12.1 Å². The molecule has 130 valence electrons. The summed E-state index contributed by atoms with van der Waals surface area (Å²) in [4.78, 5) is 14.1. The molecule has 2 rings (SSSR count). The number of nitrogens with one attached hydrogen (secondary N) is 1. The van der Waals surface area contributed by atoms with Gasteiger partial charge < -0.3 is 16.2 Å². The Labute approximate surface area is 144 Å². The number of likely N-dealkylation sites (tertiary alicyclic amines) is 1. The third-order valence-electron chi connectivity index (χ3n) is 4.25. The Balaban J connectivity index is 0.00000264. The number of amides is 1. The number of aliphatic hydroxyl groups excluding tert-OH is 1. The van der Waals surface area contributed by atoms with Gasteiger partial charge in [0.1, 0.15) is 0 Å². The Kier molecular flexibility index (Phi) is 8.55. The Morgan fingerprint density at radius 3 is 2.78 bits per heavy atom. The monoisotopic (exact) mass is 341 g/mol. The summed E-state index contributed by atoms with van der Waals surface area (Å²) in [7, 11) is 0. The molecule has 3 atom stereocenters.